The number of nitrogens with zero attached hydrogens (tertiary/aromatic N) is 4. The average Bonchev–Trinajstić information content (AvgIpc) is 3.17. The van der Waals surface area contributed by atoms with E-state index in [1.807, 2.05) is 57.4 Å². The van der Waals surface area contributed by atoms with Crippen LogP contribution in [0.25, 0.3) is 0 Å². The lowest BCUT2D eigenvalue weighted by molar-refractivity contribution is 0.0732. The van der Waals surface area contributed by atoms with Crippen LogP contribution in [0.4, 0.5) is 0 Å². The minimum Gasteiger partial charge on any atom is -0.493 e. The van der Waals surface area contributed by atoms with Gasteiger partial charge >= 0.3 is 0 Å². The van der Waals surface area contributed by atoms with E-state index >= 15 is 0 Å². The lowest BCUT2D eigenvalue weighted by atomic mass is 10.2. The van der Waals surface area contributed by atoms with Crippen molar-refractivity contribution in [3.8, 4) is 11.5 Å². The number of ether oxygens (including phenoxy) is 2. The average molecular weight is 441 g/mol. The van der Waals surface area contributed by atoms with Gasteiger partial charge in [-0.05, 0) is 44.3 Å². The molecule has 0 spiro atoms. The number of likely N-dealkylation sites (N-methyl/N-ethyl adjacent to an activating group) is 1. The first-order chi connectivity index (χ1) is 15.4. The molecule has 0 saturated heterocycles. The molecule has 0 aliphatic rings. The van der Waals surface area contributed by atoms with E-state index in [-0.39, 0.29) is 6.61 Å². The first-order valence-electron chi connectivity index (χ1n) is 10.6. The fourth-order valence-corrected chi connectivity index (χ4v) is 3.51. The molecule has 3 aromatic rings. The second-order valence-corrected chi connectivity index (χ2v) is 8.10. The molecular weight excluding hydrogens is 408 g/mol. The van der Waals surface area contributed by atoms with Crippen LogP contribution in [-0.4, -0.2) is 65.7 Å². The van der Waals surface area contributed by atoms with Crippen LogP contribution < -0.4 is 9.47 Å². The van der Waals surface area contributed by atoms with Crippen molar-refractivity contribution in [2.45, 2.75) is 32.7 Å². The number of methoxy groups -OCH3 is 1. The van der Waals surface area contributed by atoms with E-state index < -0.39 is 6.10 Å². The van der Waals surface area contributed by atoms with Crippen molar-refractivity contribution in [2.75, 3.05) is 34.4 Å². The fraction of sp³-hybridized carbons (Fsp3) is 0.417. The van der Waals surface area contributed by atoms with Crippen molar-refractivity contribution in [1.82, 2.24) is 20.1 Å². The summed E-state index contributed by atoms with van der Waals surface area (Å²) in [6.07, 6.45) is -0.623. The Hall–Kier alpha value is -2.94. The van der Waals surface area contributed by atoms with Gasteiger partial charge in [-0.15, -0.1) is 0 Å². The molecule has 8 heteroatoms. The van der Waals surface area contributed by atoms with Crippen LogP contribution in [0.1, 0.15) is 22.5 Å². The van der Waals surface area contributed by atoms with Gasteiger partial charge in [0.15, 0.2) is 11.5 Å². The van der Waals surface area contributed by atoms with Crippen LogP contribution >= 0.6 is 0 Å². The third-order valence-corrected chi connectivity index (χ3v) is 5.10. The molecule has 8 nitrogen and oxygen atoms in total. The number of rotatable bonds is 12. The monoisotopic (exact) mass is 440 g/mol. The topological polar surface area (TPSA) is 84.1 Å². The number of aromatic nitrogens is 2. The van der Waals surface area contributed by atoms with Crippen molar-refractivity contribution < 1.29 is 19.2 Å². The van der Waals surface area contributed by atoms with Gasteiger partial charge in [0.2, 0.25) is 0 Å². The van der Waals surface area contributed by atoms with Gasteiger partial charge in [0.1, 0.15) is 24.1 Å². The quantitative estimate of drug-likeness (QED) is 0.460. The second kappa shape index (κ2) is 11.6. The van der Waals surface area contributed by atoms with Crippen LogP contribution in [0.15, 0.2) is 53.2 Å². The third kappa shape index (κ3) is 7.05. The maximum atomic E-state index is 10.5. The lowest BCUT2D eigenvalue weighted by Crippen LogP contribution is -2.32. The Kier molecular flexibility index (Phi) is 8.61. The van der Waals surface area contributed by atoms with Gasteiger partial charge < -0.3 is 14.6 Å². The maximum Gasteiger partial charge on any atom is 0.161 e. The number of hydrogen-bond donors (Lipinski definition) is 1. The minimum atomic E-state index is -0.623. The third-order valence-electron chi connectivity index (χ3n) is 5.10. The molecule has 172 valence electrons. The highest BCUT2D eigenvalue weighted by Gasteiger charge is 2.14. The van der Waals surface area contributed by atoms with Gasteiger partial charge in [-0.2, -0.15) is 0 Å². The Balaban J connectivity index is 1.53. The SMILES string of the molecule is COc1ccc(CN(C)Cc2nonc2C)cc1OC[C@@H](O)CN(C)Cc1ccccc1. The van der Waals surface area contributed by atoms with Gasteiger partial charge in [0, 0.05) is 26.2 Å². The van der Waals surface area contributed by atoms with Gasteiger partial charge in [0.05, 0.1) is 7.11 Å². The van der Waals surface area contributed by atoms with Crippen LogP contribution in [0.3, 0.4) is 0 Å². The predicted molar refractivity (Wildman–Crippen MR) is 121 cm³/mol. The molecule has 0 saturated carbocycles. The molecule has 1 N–H and O–H groups in total. The van der Waals surface area contributed by atoms with Crippen molar-refractivity contribution in [2.24, 2.45) is 0 Å². The van der Waals surface area contributed by atoms with Crippen molar-refractivity contribution in [1.29, 1.82) is 0 Å². The molecule has 0 aliphatic carbocycles. The molecule has 1 heterocycles. The molecule has 0 bridgehead atoms. The number of hydrogen-bond acceptors (Lipinski definition) is 8. The van der Waals surface area contributed by atoms with E-state index in [1.54, 1.807) is 7.11 Å². The Morgan fingerprint density at radius 2 is 1.69 bits per heavy atom. The number of aliphatic hydroxyl groups excluding tert-OH is 1. The standard InChI is InChI=1S/C24H32N4O4/c1-18-22(26-32-25-18)16-28(3)14-20-10-11-23(30-4)24(12-20)31-17-21(29)15-27(2)13-19-8-6-5-7-9-19/h5-12,21,29H,13-17H2,1-4H3/t21-/m0/s1. The zero-order valence-corrected chi connectivity index (χ0v) is 19.2. The molecular formula is C24H32N4O4. The minimum absolute atomic E-state index is 0.179. The van der Waals surface area contributed by atoms with Crippen molar-refractivity contribution in [3.05, 3.63) is 71.0 Å². The number of aryl methyl sites for hydroxylation is 1. The van der Waals surface area contributed by atoms with Gasteiger partial charge in [-0.25, -0.2) is 4.63 Å². The van der Waals surface area contributed by atoms with E-state index in [4.69, 9.17) is 14.1 Å². The summed E-state index contributed by atoms with van der Waals surface area (Å²) in [5, 5.41) is 18.2. The molecule has 2 aromatic carbocycles. The summed E-state index contributed by atoms with van der Waals surface area (Å²) in [6, 6.07) is 16.0. The van der Waals surface area contributed by atoms with Crippen molar-refractivity contribution >= 4 is 0 Å². The zero-order valence-electron chi connectivity index (χ0n) is 19.2. The molecule has 0 aliphatic heterocycles. The van der Waals surface area contributed by atoms with E-state index in [9.17, 15) is 5.11 Å². The molecule has 0 fully saturated rings. The molecule has 1 aromatic heterocycles. The molecule has 3 rings (SSSR count). The summed E-state index contributed by atoms with van der Waals surface area (Å²) in [7, 11) is 5.60. The first-order valence-corrected chi connectivity index (χ1v) is 10.6. The Bertz CT molecular complexity index is 964. The highest BCUT2D eigenvalue weighted by atomic mass is 16.6. The van der Waals surface area contributed by atoms with E-state index in [0.29, 0.717) is 31.1 Å². The van der Waals surface area contributed by atoms with Crippen LogP contribution in [0, 0.1) is 6.92 Å². The lowest BCUT2D eigenvalue weighted by Gasteiger charge is -2.22. The number of aliphatic hydroxyl groups is 1. The largest absolute Gasteiger partial charge is 0.493 e. The normalized spacial score (nSPS) is 12.3. The maximum absolute atomic E-state index is 10.5. The fourth-order valence-electron chi connectivity index (χ4n) is 3.51. The van der Waals surface area contributed by atoms with Gasteiger partial charge in [-0.3, -0.25) is 9.80 Å². The molecule has 1 atom stereocenters. The van der Waals surface area contributed by atoms with E-state index in [1.165, 1.54) is 5.56 Å². The Morgan fingerprint density at radius 1 is 0.938 bits per heavy atom. The van der Waals surface area contributed by atoms with Crippen LogP contribution in [0.2, 0.25) is 0 Å². The van der Waals surface area contributed by atoms with Gasteiger partial charge in [-0.1, -0.05) is 46.7 Å². The van der Waals surface area contributed by atoms with Crippen LogP contribution in [-0.2, 0) is 19.6 Å². The van der Waals surface area contributed by atoms with Crippen molar-refractivity contribution in [3.63, 3.8) is 0 Å². The highest BCUT2D eigenvalue weighted by molar-refractivity contribution is 5.43. The molecule has 0 amide bonds. The summed E-state index contributed by atoms with van der Waals surface area (Å²) < 4.78 is 16.1. The first kappa shape index (κ1) is 23.7. The van der Waals surface area contributed by atoms with Crippen LogP contribution in [0.5, 0.6) is 11.5 Å². The Labute approximate surface area is 189 Å². The Morgan fingerprint density at radius 3 is 2.38 bits per heavy atom. The summed E-state index contributed by atoms with van der Waals surface area (Å²) in [5.41, 5.74) is 3.88. The molecule has 0 unspecified atom stereocenters. The summed E-state index contributed by atoms with van der Waals surface area (Å²) >= 11 is 0. The van der Waals surface area contributed by atoms with E-state index in [2.05, 4.69) is 32.2 Å². The molecule has 32 heavy (non-hydrogen) atoms. The summed E-state index contributed by atoms with van der Waals surface area (Å²) in [4.78, 5) is 4.19. The zero-order chi connectivity index (χ0) is 22.9. The van der Waals surface area contributed by atoms with Gasteiger partial charge in [0.25, 0.3) is 0 Å². The molecule has 0 radical (unpaired) electrons. The summed E-state index contributed by atoms with van der Waals surface area (Å²) in [6.45, 7) is 4.65. The second-order valence-electron chi connectivity index (χ2n) is 8.10. The smallest absolute Gasteiger partial charge is 0.161 e. The number of benzene rings is 2. The predicted octanol–water partition coefficient (Wildman–Crippen LogP) is 2.89. The summed E-state index contributed by atoms with van der Waals surface area (Å²) in [5.74, 6) is 1.25. The highest BCUT2D eigenvalue weighted by Crippen LogP contribution is 2.29. The van der Waals surface area contributed by atoms with E-state index in [0.717, 1.165) is 23.5 Å².